The molecule has 1 heterocycles. The van der Waals surface area contributed by atoms with Crippen molar-refractivity contribution < 1.29 is 0 Å². The van der Waals surface area contributed by atoms with Gasteiger partial charge in [-0.1, -0.05) is 19.4 Å². The largest absolute Gasteiger partial charge is 0.369 e. The molecule has 0 saturated carbocycles. The summed E-state index contributed by atoms with van der Waals surface area (Å²) in [6, 6.07) is 7.21. The second-order valence-electron chi connectivity index (χ2n) is 6.26. The average molecular weight is 258 g/mol. The molecular weight excluding hydrogens is 232 g/mol. The number of fused-ring (bicyclic) bond motifs is 1. The van der Waals surface area contributed by atoms with E-state index in [2.05, 4.69) is 42.0 Å². The molecule has 2 heteroatoms. The van der Waals surface area contributed by atoms with E-state index in [1.807, 2.05) is 0 Å². The second-order valence-corrected chi connectivity index (χ2v) is 6.26. The number of benzene rings is 1. The van der Waals surface area contributed by atoms with Crippen molar-refractivity contribution in [3.8, 4) is 0 Å². The van der Waals surface area contributed by atoms with Crippen molar-refractivity contribution in [1.29, 1.82) is 0 Å². The van der Waals surface area contributed by atoms with Crippen LogP contribution in [0.2, 0.25) is 0 Å². The molecule has 2 nitrogen and oxygen atoms in total. The van der Waals surface area contributed by atoms with E-state index in [0.717, 1.165) is 5.92 Å². The predicted molar refractivity (Wildman–Crippen MR) is 82.0 cm³/mol. The van der Waals surface area contributed by atoms with Crippen LogP contribution in [0.1, 0.15) is 30.9 Å². The third-order valence-corrected chi connectivity index (χ3v) is 4.97. The molecule has 0 radical (unpaired) electrons. The van der Waals surface area contributed by atoms with E-state index in [1.54, 1.807) is 11.1 Å². The molecule has 1 atom stereocenters. The van der Waals surface area contributed by atoms with E-state index in [0.29, 0.717) is 0 Å². The molecule has 1 aromatic rings. The van der Waals surface area contributed by atoms with Crippen LogP contribution in [0, 0.1) is 5.92 Å². The van der Waals surface area contributed by atoms with Crippen molar-refractivity contribution in [2.75, 3.05) is 38.1 Å². The minimum atomic E-state index is 0.919. The summed E-state index contributed by atoms with van der Waals surface area (Å²) in [5.74, 6) is 0.919. The molecule has 1 unspecified atom stereocenters. The summed E-state index contributed by atoms with van der Waals surface area (Å²) in [6.45, 7) is 7.05. The Morgan fingerprint density at radius 2 is 1.89 bits per heavy atom. The molecular formula is C17H26N2. The summed E-state index contributed by atoms with van der Waals surface area (Å²) in [6.07, 6.45) is 5.31. The lowest BCUT2D eigenvalue weighted by molar-refractivity contribution is 0.313. The molecule has 1 aliphatic heterocycles. The number of hydrogen-bond donors (Lipinski definition) is 0. The SMILES string of the molecule is CCC1CCc2cc(N3CCN(C)CC3)ccc2C1. The lowest BCUT2D eigenvalue weighted by atomic mass is 9.82. The topological polar surface area (TPSA) is 6.48 Å². The van der Waals surface area contributed by atoms with E-state index in [9.17, 15) is 0 Å². The van der Waals surface area contributed by atoms with E-state index >= 15 is 0 Å². The Labute approximate surface area is 117 Å². The van der Waals surface area contributed by atoms with Crippen LogP contribution < -0.4 is 4.90 Å². The first-order valence-corrected chi connectivity index (χ1v) is 7.81. The zero-order chi connectivity index (χ0) is 13.2. The maximum atomic E-state index is 2.55. The highest BCUT2D eigenvalue weighted by Crippen LogP contribution is 2.30. The first kappa shape index (κ1) is 13.0. The highest BCUT2D eigenvalue weighted by molar-refractivity contribution is 5.52. The van der Waals surface area contributed by atoms with Crippen molar-refractivity contribution in [1.82, 2.24) is 4.90 Å². The number of rotatable bonds is 2. The molecule has 0 aromatic heterocycles. The molecule has 0 spiro atoms. The Morgan fingerprint density at radius 1 is 1.11 bits per heavy atom. The number of nitrogens with zero attached hydrogens (tertiary/aromatic N) is 2. The molecule has 104 valence electrons. The smallest absolute Gasteiger partial charge is 0.0370 e. The van der Waals surface area contributed by atoms with Crippen LogP contribution in [0.25, 0.3) is 0 Å². The van der Waals surface area contributed by atoms with Crippen LogP contribution >= 0.6 is 0 Å². The molecule has 0 amide bonds. The van der Waals surface area contributed by atoms with E-state index in [1.165, 1.54) is 57.5 Å². The number of anilines is 1. The number of likely N-dealkylation sites (N-methyl/N-ethyl adjacent to an activating group) is 1. The van der Waals surface area contributed by atoms with Gasteiger partial charge in [-0.2, -0.15) is 0 Å². The maximum Gasteiger partial charge on any atom is 0.0370 e. The summed E-state index contributed by atoms with van der Waals surface area (Å²) in [7, 11) is 2.22. The monoisotopic (exact) mass is 258 g/mol. The fourth-order valence-electron chi connectivity index (χ4n) is 3.43. The van der Waals surface area contributed by atoms with Gasteiger partial charge in [-0.25, -0.2) is 0 Å². The van der Waals surface area contributed by atoms with Crippen LogP contribution in [0.4, 0.5) is 5.69 Å². The van der Waals surface area contributed by atoms with E-state index in [4.69, 9.17) is 0 Å². The zero-order valence-corrected chi connectivity index (χ0v) is 12.4. The number of hydrogen-bond acceptors (Lipinski definition) is 2. The summed E-state index contributed by atoms with van der Waals surface area (Å²) < 4.78 is 0. The van der Waals surface area contributed by atoms with Gasteiger partial charge in [-0.3, -0.25) is 0 Å². The average Bonchev–Trinajstić information content (AvgIpc) is 2.47. The Hall–Kier alpha value is -1.02. The third-order valence-electron chi connectivity index (χ3n) is 4.97. The predicted octanol–water partition coefficient (Wildman–Crippen LogP) is 2.95. The Morgan fingerprint density at radius 3 is 2.63 bits per heavy atom. The first-order chi connectivity index (χ1) is 9.26. The first-order valence-electron chi connectivity index (χ1n) is 7.81. The van der Waals surface area contributed by atoms with Gasteiger partial charge in [0.1, 0.15) is 0 Å². The van der Waals surface area contributed by atoms with Crippen LogP contribution in [0.3, 0.4) is 0 Å². The van der Waals surface area contributed by atoms with Crippen molar-refractivity contribution >= 4 is 5.69 Å². The van der Waals surface area contributed by atoms with Gasteiger partial charge in [0, 0.05) is 31.9 Å². The molecule has 1 saturated heterocycles. The van der Waals surface area contributed by atoms with Crippen molar-refractivity contribution in [2.45, 2.75) is 32.6 Å². The standard InChI is InChI=1S/C17H26N2/c1-3-14-4-5-16-13-17(7-6-15(16)12-14)19-10-8-18(2)9-11-19/h6-7,13-14H,3-5,8-12H2,1-2H3. The van der Waals surface area contributed by atoms with Crippen LogP contribution in [0.15, 0.2) is 18.2 Å². The Bertz CT molecular complexity index is 433. The fraction of sp³-hybridized carbons (Fsp3) is 0.647. The van der Waals surface area contributed by atoms with E-state index < -0.39 is 0 Å². The molecule has 1 aliphatic carbocycles. The highest BCUT2D eigenvalue weighted by atomic mass is 15.2. The number of piperazine rings is 1. The summed E-state index contributed by atoms with van der Waals surface area (Å²) in [5, 5.41) is 0. The quantitative estimate of drug-likeness (QED) is 0.805. The van der Waals surface area contributed by atoms with Gasteiger partial charge in [-0.05, 0) is 55.5 Å². The molecule has 2 aliphatic rings. The Balaban J connectivity index is 1.75. The van der Waals surface area contributed by atoms with Gasteiger partial charge in [0.15, 0.2) is 0 Å². The van der Waals surface area contributed by atoms with Gasteiger partial charge in [0.25, 0.3) is 0 Å². The zero-order valence-electron chi connectivity index (χ0n) is 12.4. The summed E-state index contributed by atoms with van der Waals surface area (Å²) >= 11 is 0. The van der Waals surface area contributed by atoms with Crippen molar-refractivity contribution in [2.24, 2.45) is 5.92 Å². The van der Waals surface area contributed by atoms with Crippen molar-refractivity contribution in [3.05, 3.63) is 29.3 Å². The fourth-order valence-corrected chi connectivity index (χ4v) is 3.43. The van der Waals surface area contributed by atoms with Crippen molar-refractivity contribution in [3.63, 3.8) is 0 Å². The Kier molecular flexibility index (Phi) is 3.79. The lowest BCUT2D eigenvalue weighted by Gasteiger charge is -2.35. The van der Waals surface area contributed by atoms with Gasteiger partial charge in [0.05, 0.1) is 0 Å². The molecule has 1 fully saturated rings. The summed E-state index contributed by atoms with van der Waals surface area (Å²) in [5.41, 5.74) is 4.67. The van der Waals surface area contributed by atoms with Crippen LogP contribution in [-0.2, 0) is 12.8 Å². The molecule has 19 heavy (non-hydrogen) atoms. The lowest BCUT2D eigenvalue weighted by Crippen LogP contribution is -2.44. The minimum Gasteiger partial charge on any atom is -0.369 e. The second kappa shape index (κ2) is 5.54. The molecule has 0 bridgehead atoms. The van der Waals surface area contributed by atoms with Crippen LogP contribution in [0.5, 0.6) is 0 Å². The number of aryl methyl sites for hydroxylation is 1. The third kappa shape index (κ3) is 2.79. The van der Waals surface area contributed by atoms with E-state index in [-0.39, 0.29) is 0 Å². The molecule has 3 rings (SSSR count). The molecule has 0 N–H and O–H groups in total. The molecule has 1 aromatic carbocycles. The highest BCUT2D eigenvalue weighted by Gasteiger charge is 2.19. The summed E-state index contributed by atoms with van der Waals surface area (Å²) in [4.78, 5) is 4.97. The normalized spacial score (nSPS) is 24.3. The van der Waals surface area contributed by atoms with Gasteiger partial charge < -0.3 is 9.80 Å². The van der Waals surface area contributed by atoms with Gasteiger partial charge >= 0.3 is 0 Å². The van der Waals surface area contributed by atoms with Gasteiger partial charge in [0.2, 0.25) is 0 Å². The van der Waals surface area contributed by atoms with Crippen LogP contribution in [-0.4, -0.2) is 38.1 Å². The van der Waals surface area contributed by atoms with Gasteiger partial charge in [-0.15, -0.1) is 0 Å². The minimum absolute atomic E-state index is 0.919. The maximum absolute atomic E-state index is 2.55.